The summed E-state index contributed by atoms with van der Waals surface area (Å²) >= 11 is 0. The molecule has 1 aliphatic rings. The molecule has 4 rings (SSSR count). The molecule has 0 atom stereocenters. The minimum atomic E-state index is -4.58. The Morgan fingerprint density at radius 2 is 1.88 bits per heavy atom. The van der Waals surface area contributed by atoms with Crippen LogP contribution in [0, 0.1) is 0 Å². The van der Waals surface area contributed by atoms with E-state index in [1.807, 2.05) is 0 Å². The Morgan fingerprint density at radius 1 is 1.08 bits per heavy atom. The highest BCUT2D eigenvalue weighted by atomic mass is 19.4. The lowest BCUT2D eigenvalue weighted by atomic mass is 10.1. The standard InChI is InChI=1S/C15H7F3N4O2/c16-15(17,18)11-4-3-10-13(21-11)22(6-19-10)7-1-2-9-8(5-7)12(23)14(24)20-9/h1-6H,(H,20,23,24). The maximum atomic E-state index is 12.8. The average molecular weight is 332 g/mol. The number of imidazole rings is 1. The molecule has 9 heteroatoms. The van der Waals surface area contributed by atoms with E-state index in [0.717, 1.165) is 6.07 Å². The maximum absolute atomic E-state index is 12.8. The third-order valence-electron chi connectivity index (χ3n) is 3.67. The number of benzene rings is 1. The first-order chi connectivity index (χ1) is 11.3. The lowest BCUT2D eigenvalue weighted by Crippen LogP contribution is -2.12. The summed E-state index contributed by atoms with van der Waals surface area (Å²) in [6.45, 7) is 0. The number of amides is 1. The van der Waals surface area contributed by atoms with Crippen molar-refractivity contribution >= 4 is 28.5 Å². The van der Waals surface area contributed by atoms with E-state index in [1.165, 1.54) is 29.1 Å². The summed E-state index contributed by atoms with van der Waals surface area (Å²) in [5, 5.41) is 2.41. The van der Waals surface area contributed by atoms with Gasteiger partial charge in [0.15, 0.2) is 5.65 Å². The van der Waals surface area contributed by atoms with Gasteiger partial charge < -0.3 is 5.32 Å². The van der Waals surface area contributed by atoms with E-state index in [9.17, 15) is 22.8 Å². The van der Waals surface area contributed by atoms with Gasteiger partial charge in [0.1, 0.15) is 17.5 Å². The number of carbonyl (C=O) groups is 2. The summed E-state index contributed by atoms with van der Waals surface area (Å²) in [5.74, 6) is -1.43. The number of rotatable bonds is 1. The second-order valence-corrected chi connectivity index (χ2v) is 5.16. The predicted molar refractivity (Wildman–Crippen MR) is 76.8 cm³/mol. The Morgan fingerprint density at radius 3 is 2.62 bits per heavy atom. The summed E-state index contributed by atoms with van der Waals surface area (Å²) in [7, 11) is 0. The number of hydrogen-bond donors (Lipinski definition) is 1. The number of ketones is 1. The summed E-state index contributed by atoms with van der Waals surface area (Å²) < 4.78 is 39.9. The zero-order chi connectivity index (χ0) is 17.1. The molecule has 6 nitrogen and oxygen atoms in total. The Labute approximate surface area is 131 Å². The van der Waals surface area contributed by atoms with Crippen molar-refractivity contribution in [3.8, 4) is 5.69 Å². The summed E-state index contributed by atoms with van der Waals surface area (Å²) in [5.41, 5.74) is 0.158. The fourth-order valence-corrected chi connectivity index (χ4v) is 2.52. The smallest absolute Gasteiger partial charge is 0.318 e. The summed E-state index contributed by atoms with van der Waals surface area (Å²) in [6.07, 6.45) is -3.26. The van der Waals surface area contributed by atoms with Crippen LogP contribution in [0.25, 0.3) is 16.9 Å². The van der Waals surface area contributed by atoms with Crippen molar-refractivity contribution in [2.24, 2.45) is 0 Å². The Kier molecular flexibility index (Phi) is 2.77. The largest absolute Gasteiger partial charge is 0.433 e. The van der Waals surface area contributed by atoms with Gasteiger partial charge in [0.25, 0.3) is 11.7 Å². The summed E-state index contributed by atoms with van der Waals surface area (Å²) in [4.78, 5) is 30.8. The average Bonchev–Trinajstić information content (AvgIpc) is 3.08. The van der Waals surface area contributed by atoms with Gasteiger partial charge in [0, 0.05) is 5.69 Å². The Bertz CT molecular complexity index is 1020. The molecule has 0 aliphatic carbocycles. The number of nitrogens with one attached hydrogen (secondary N) is 1. The highest BCUT2D eigenvalue weighted by Crippen LogP contribution is 2.30. The Balaban J connectivity index is 1.89. The number of carbonyl (C=O) groups excluding carboxylic acids is 2. The molecule has 0 unspecified atom stereocenters. The first-order valence-electron chi connectivity index (χ1n) is 6.76. The number of alkyl halides is 3. The van der Waals surface area contributed by atoms with E-state index in [2.05, 4.69) is 15.3 Å². The molecule has 24 heavy (non-hydrogen) atoms. The number of anilines is 1. The van der Waals surface area contributed by atoms with Crippen LogP contribution in [0.2, 0.25) is 0 Å². The van der Waals surface area contributed by atoms with E-state index in [1.54, 1.807) is 6.07 Å². The first kappa shape index (κ1) is 14.4. The van der Waals surface area contributed by atoms with Gasteiger partial charge in [0.05, 0.1) is 11.3 Å². The van der Waals surface area contributed by atoms with Crippen LogP contribution in [-0.2, 0) is 11.0 Å². The number of Topliss-reactive ketones (excluding diaryl/α,β-unsaturated/α-hetero) is 1. The third kappa shape index (κ3) is 2.05. The molecule has 0 saturated heterocycles. The molecule has 2 aromatic heterocycles. The molecule has 1 aromatic carbocycles. The van der Waals surface area contributed by atoms with Crippen molar-refractivity contribution in [2.75, 3.05) is 5.32 Å². The van der Waals surface area contributed by atoms with E-state index in [4.69, 9.17) is 0 Å². The SMILES string of the molecule is O=C1Nc2ccc(-n3cnc4ccc(C(F)(F)F)nc43)cc2C1=O. The third-order valence-corrected chi connectivity index (χ3v) is 3.67. The second kappa shape index (κ2) is 4.63. The number of halogens is 3. The zero-order valence-electron chi connectivity index (χ0n) is 11.8. The summed E-state index contributed by atoms with van der Waals surface area (Å²) in [6, 6.07) is 6.56. The molecule has 1 aliphatic heterocycles. The van der Waals surface area contributed by atoms with Crippen LogP contribution < -0.4 is 5.32 Å². The van der Waals surface area contributed by atoms with Crippen LogP contribution in [-0.4, -0.2) is 26.2 Å². The number of hydrogen-bond acceptors (Lipinski definition) is 4. The van der Waals surface area contributed by atoms with Crippen LogP contribution in [0.1, 0.15) is 16.1 Å². The van der Waals surface area contributed by atoms with Gasteiger partial charge in [-0.1, -0.05) is 0 Å². The molecule has 0 bridgehead atoms. The number of nitrogens with zero attached hydrogens (tertiary/aromatic N) is 3. The molecule has 0 radical (unpaired) electrons. The molecule has 1 amide bonds. The normalized spacial score (nSPS) is 14.1. The highest BCUT2D eigenvalue weighted by molar-refractivity contribution is 6.51. The Hall–Kier alpha value is -3.23. The molecule has 1 N–H and O–H groups in total. The zero-order valence-corrected chi connectivity index (χ0v) is 11.8. The van der Waals surface area contributed by atoms with Crippen molar-refractivity contribution in [2.45, 2.75) is 6.18 Å². The topological polar surface area (TPSA) is 76.9 Å². The predicted octanol–water partition coefficient (Wildman–Crippen LogP) is 2.57. The highest BCUT2D eigenvalue weighted by Gasteiger charge is 2.33. The monoisotopic (exact) mass is 332 g/mol. The van der Waals surface area contributed by atoms with Crippen molar-refractivity contribution in [1.82, 2.24) is 14.5 Å². The lowest BCUT2D eigenvalue weighted by Gasteiger charge is -2.08. The van der Waals surface area contributed by atoms with Crippen LogP contribution in [0.15, 0.2) is 36.7 Å². The first-order valence-corrected chi connectivity index (χ1v) is 6.76. The van der Waals surface area contributed by atoms with Gasteiger partial charge in [0.2, 0.25) is 0 Å². The van der Waals surface area contributed by atoms with Gasteiger partial charge in [-0.2, -0.15) is 13.2 Å². The number of fused-ring (bicyclic) bond motifs is 2. The molecule has 0 fully saturated rings. The fourth-order valence-electron chi connectivity index (χ4n) is 2.52. The molecular weight excluding hydrogens is 325 g/mol. The molecule has 3 aromatic rings. The van der Waals surface area contributed by atoms with Gasteiger partial charge in [-0.25, -0.2) is 9.97 Å². The van der Waals surface area contributed by atoms with Crippen molar-refractivity contribution in [3.63, 3.8) is 0 Å². The molecule has 120 valence electrons. The lowest BCUT2D eigenvalue weighted by molar-refractivity contribution is -0.141. The van der Waals surface area contributed by atoms with Gasteiger partial charge in [-0.05, 0) is 30.3 Å². The minimum absolute atomic E-state index is 0.00880. The number of pyridine rings is 1. The molecular formula is C15H7F3N4O2. The molecule has 0 spiro atoms. The van der Waals surface area contributed by atoms with E-state index >= 15 is 0 Å². The van der Waals surface area contributed by atoms with E-state index < -0.39 is 23.6 Å². The van der Waals surface area contributed by atoms with Crippen molar-refractivity contribution in [3.05, 3.63) is 47.9 Å². The second-order valence-electron chi connectivity index (χ2n) is 5.16. The van der Waals surface area contributed by atoms with Crippen LogP contribution in [0.5, 0.6) is 0 Å². The van der Waals surface area contributed by atoms with Crippen LogP contribution >= 0.6 is 0 Å². The van der Waals surface area contributed by atoms with Crippen LogP contribution in [0.3, 0.4) is 0 Å². The minimum Gasteiger partial charge on any atom is -0.318 e. The van der Waals surface area contributed by atoms with E-state index in [0.29, 0.717) is 11.4 Å². The van der Waals surface area contributed by atoms with Gasteiger partial charge >= 0.3 is 6.18 Å². The van der Waals surface area contributed by atoms with E-state index in [-0.39, 0.29) is 16.7 Å². The van der Waals surface area contributed by atoms with Gasteiger partial charge in [-0.3, -0.25) is 14.2 Å². The fraction of sp³-hybridized carbons (Fsp3) is 0.0667. The number of aromatic nitrogens is 3. The van der Waals surface area contributed by atoms with Crippen molar-refractivity contribution in [1.29, 1.82) is 0 Å². The quantitative estimate of drug-likeness (QED) is 0.695. The maximum Gasteiger partial charge on any atom is 0.433 e. The van der Waals surface area contributed by atoms with Crippen LogP contribution in [0.4, 0.5) is 18.9 Å². The molecule has 3 heterocycles. The van der Waals surface area contributed by atoms with Gasteiger partial charge in [-0.15, -0.1) is 0 Å². The van der Waals surface area contributed by atoms with Crippen molar-refractivity contribution < 1.29 is 22.8 Å². The molecule has 0 saturated carbocycles.